The standard InChI is InChI=1S/C20H28N2O4.C6H7NO8/c1-4-20(2,3)17(23)18(24)22-12-6-10-16(22)19(25)26-13-7-9-15-8-5-11-21-14-15;8-4(15-6(11)12)2-1-3(7-13)14-5(9)10/h5,8,11,14,16H,4,6-7,9-10,12-13H2,1-3H3;13H,1-2H2,(H,9,10)(H,11,12)/b;7-3-. The lowest BCUT2D eigenvalue weighted by Gasteiger charge is -2.27. The molecule has 0 aromatic carbocycles. The van der Waals surface area contributed by atoms with Crippen molar-refractivity contribution in [2.75, 3.05) is 13.2 Å². The Labute approximate surface area is 236 Å². The summed E-state index contributed by atoms with van der Waals surface area (Å²) in [5.41, 5.74) is 0.381. The Balaban J connectivity index is 0.000000479. The first-order valence-corrected chi connectivity index (χ1v) is 12.8. The molecule has 0 aliphatic carbocycles. The molecule has 1 fully saturated rings. The second kappa shape index (κ2) is 17.2. The Hall–Kier alpha value is -4.56. The zero-order chi connectivity index (χ0) is 31.0. The average molecular weight is 582 g/mol. The number of esters is 2. The molecule has 1 aromatic rings. The van der Waals surface area contributed by atoms with E-state index in [-0.39, 0.29) is 0 Å². The van der Waals surface area contributed by atoms with Gasteiger partial charge in [0.15, 0.2) is 0 Å². The van der Waals surface area contributed by atoms with Crippen molar-refractivity contribution in [2.45, 2.75) is 71.8 Å². The third kappa shape index (κ3) is 12.4. The van der Waals surface area contributed by atoms with E-state index in [0.29, 0.717) is 38.8 Å². The maximum atomic E-state index is 12.5. The van der Waals surface area contributed by atoms with Gasteiger partial charge in [-0.15, -0.1) is 0 Å². The van der Waals surface area contributed by atoms with Crippen molar-refractivity contribution in [3.8, 4) is 0 Å². The van der Waals surface area contributed by atoms with Crippen LogP contribution in [0.4, 0.5) is 9.59 Å². The number of pyridine rings is 1. The van der Waals surface area contributed by atoms with Crippen molar-refractivity contribution in [3.05, 3.63) is 30.1 Å². The number of ketones is 1. The highest BCUT2D eigenvalue weighted by atomic mass is 16.7. The van der Waals surface area contributed by atoms with Gasteiger partial charge in [0.2, 0.25) is 11.7 Å². The summed E-state index contributed by atoms with van der Waals surface area (Å²) in [6.07, 6.45) is 2.45. The Bertz CT molecular complexity index is 1100. The SMILES string of the molecule is CCC(C)(C)C(=O)C(=O)N1CCCC1C(=O)OCCCc1cccnc1.O=C(O)OC(=O)CC/C(=N/O)OC(=O)O. The van der Waals surface area contributed by atoms with E-state index >= 15 is 0 Å². The van der Waals surface area contributed by atoms with Crippen LogP contribution >= 0.6 is 0 Å². The predicted molar refractivity (Wildman–Crippen MR) is 139 cm³/mol. The highest BCUT2D eigenvalue weighted by molar-refractivity contribution is 6.38. The summed E-state index contributed by atoms with van der Waals surface area (Å²) in [6.45, 7) is 6.12. The second-order valence-electron chi connectivity index (χ2n) is 9.46. The zero-order valence-corrected chi connectivity index (χ0v) is 23.1. The lowest BCUT2D eigenvalue weighted by atomic mass is 9.84. The number of nitrogens with zero attached hydrogens (tertiary/aromatic N) is 3. The molecule has 1 aliphatic rings. The van der Waals surface area contributed by atoms with E-state index in [2.05, 4.69) is 19.6 Å². The largest absolute Gasteiger partial charge is 0.513 e. The van der Waals surface area contributed by atoms with E-state index in [0.717, 1.165) is 12.0 Å². The summed E-state index contributed by atoms with van der Waals surface area (Å²) in [5, 5.41) is 26.7. The number of aryl methyl sites for hydroxylation is 1. The maximum Gasteiger partial charge on any atom is 0.513 e. The first kappa shape index (κ1) is 34.5. The lowest BCUT2D eigenvalue weighted by Crippen LogP contribution is -2.48. The molecule has 1 atom stereocenters. The topological polar surface area (TPSA) is 219 Å². The molecule has 1 amide bonds. The number of rotatable bonds is 11. The number of carbonyl (C=O) groups excluding carboxylic acids is 4. The van der Waals surface area contributed by atoms with Crippen LogP contribution in [0.2, 0.25) is 0 Å². The summed E-state index contributed by atoms with van der Waals surface area (Å²) in [4.78, 5) is 73.2. The zero-order valence-electron chi connectivity index (χ0n) is 23.1. The molecule has 15 nitrogen and oxygen atoms in total. The van der Waals surface area contributed by atoms with E-state index in [9.17, 15) is 28.8 Å². The van der Waals surface area contributed by atoms with Crippen molar-refractivity contribution in [3.63, 3.8) is 0 Å². The lowest BCUT2D eigenvalue weighted by molar-refractivity contribution is -0.157. The minimum Gasteiger partial charge on any atom is -0.464 e. The third-order valence-electron chi connectivity index (χ3n) is 6.12. The Morgan fingerprint density at radius 1 is 1.10 bits per heavy atom. The number of likely N-dealkylation sites (tertiary alicyclic amines) is 1. The van der Waals surface area contributed by atoms with Crippen LogP contribution in [0, 0.1) is 5.41 Å². The Morgan fingerprint density at radius 2 is 1.78 bits per heavy atom. The highest BCUT2D eigenvalue weighted by Crippen LogP contribution is 2.26. The predicted octanol–water partition coefficient (Wildman–Crippen LogP) is 3.02. The van der Waals surface area contributed by atoms with Gasteiger partial charge < -0.3 is 34.5 Å². The number of aromatic nitrogens is 1. The van der Waals surface area contributed by atoms with Crippen LogP contribution in [0.5, 0.6) is 0 Å². The Kier molecular flexibility index (Phi) is 14.5. The van der Waals surface area contributed by atoms with Crippen LogP contribution in [-0.2, 0) is 39.8 Å². The highest BCUT2D eigenvalue weighted by Gasteiger charge is 2.41. The minimum atomic E-state index is -1.78. The molecule has 3 N–H and O–H groups in total. The minimum absolute atomic E-state index is 0.292. The fraction of sp³-hybridized carbons (Fsp3) is 0.538. The molecule has 0 saturated carbocycles. The van der Waals surface area contributed by atoms with E-state index in [1.54, 1.807) is 26.2 Å². The van der Waals surface area contributed by atoms with Gasteiger partial charge in [0.1, 0.15) is 6.04 Å². The Morgan fingerprint density at radius 3 is 2.34 bits per heavy atom. The van der Waals surface area contributed by atoms with Crippen LogP contribution in [0.15, 0.2) is 29.7 Å². The van der Waals surface area contributed by atoms with Gasteiger partial charge in [-0.25, -0.2) is 14.4 Å². The maximum absolute atomic E-state index is 12.5. The van der Waals surface area contributed by atoms with E-state index < -0.39 is 66.1 Å². The van der Waals surface area contributed by atoms with E-state index in [4.69, 9.17) is 20.2 Å². The number of oxime groups is 1. The molecular formula is C26H35N3O12. The molecule has 2 heterocycles. The number of carboxylic acid groups (broad SMARTS) is 2. The molecule has 41 heavy (non-hydrogen) atoms. The quantitative estimate of drug-likeness (QED) is 0.0394. The fourth-order valence-electron chi connectivity index (χ4n) is 3.51. The van der Waals surface area contributed by atoms with Gasteiger partial charge in [-0.1, -0.05) is 32.0 Å². The van der Waals surface area contributed by atoms with Gasteiger partial charge in [0.05, 0.1) is 13.0 Å². The van der Waals surface area contributed by atoms with Crippen molar-refractivity contribution in [2.24, 2.45) is 10.6 Å². The molecular weight excluding hydrogens is 546 g/mol. The van der Waals surface area contributed by atoms with Gasteiger partial charge in [-0.05, 0) is 43.7 Å². The molecule has 1 aliphatic heterocycles. The number of hydrogen-bond donors (Lipinski definition) is 3. The number of amides is 1. The van der Waals surface area contributed by atoms with E-state index in [1.165, 1.54) is 4.90 Å². The number of ether oxygens (including phenoxy) is 3. The third-order valence-corrected chi connectivity index (χ3v) is 6.12. The number of hydrogen-bond acceptors (Lipinski definition) is 12. The van der Waals surface area contributed by atoms with Crippen molar-refractivity contribution in [1.29, 1.82) is 0 Å². The summed E-state index contributed by atoms with van der Waals surface area (Å²) in [6, 6.07) is 3.21. The smallest absolute Gasteiger partial charge is 0.464 e. The first-order chi connectivity index (χ1) is 19.3. The average Bonchev–Trinajstić information content (AvgIpc) is 3.43. The van der Waals surface area contributed by atoms with Crippen LogP contribution in [0.25, 0.3) is 0 Å². The summed E-state index contributed by atoms with van der Waals surface area (Å²) >= 11 is 0. The van der Waals surface area contributed by atoms with Gasteiger partial charge in [0, 0.05) is 30.8 Å². The summed E-state index contributed by atoms with van der Waals surface area (Å²) < 4.78 is 13.0. The molecule has 1 aromatic heterocycles. The summed E-state index contributed by atoms with van der Waals surface area (Å²) in [5.74, 6) is -3.16. The normalized spacial score (nSPS) is 14.8. The fourth-order valence-corrected chi connectivity index (χ4v) is 3.51. The molecule has 15 heteroatoms. The molecule has 0 radical (unpaired) electrons. The molecule has 1 saturated heterocycles. The van der Waals surface area contributed by atoms with E-state index in [1.807, 2.05) is 19.1 Å². The molecule has 226 valence electrons. The molecule has 0 bridgehead atoms. The monoisotopic (exact) mass is 581 g/mol. The van der Waals surface area contributed by atoms with Crippen LogP contribution in [-0.4, -0.2) is 86.3 Å². The van der Waals surface area contributed by atoms with Crippen LogP contribution in [0.3, 0.4) is 0 Å². The molecule has 0 spiro atoms. The van der Waals surface area contributed by atoms with Crippen molar-refractivity contribution < 1.29 is 58.4 Å². The van der Waals surface area contributed by atoms with Crippen molar-refractivity contribution >= 4 is 41.8 Å². The van der Waals surface area contributed by atoms with Gasteiger partial charge in [0.25, 0.3) is 5.91 Å². The van der Waals surface area contributed by atoms with Crippen LogP contribution in [0.1, 0.15) is 64.9 Å². The molecule has 2 rings (SSSR count). The number of carbonyl (C=O) groups is 6. The first-order valence-electron chi connectivity index (χ1n) is 12.8. The number of Topliss-reactive ketones (excluding diaryl/α,β-unsaturated/α-hetero) is 1. The van der Waals surface area contributed by atoms with Crippen LogP contribution < -0.4 is 0 Å². The van der Waals surface area contributed by atoms with Gasteiger partial charge >= 0.3 is 24.2 Å². The molecule has 1 unspecified atom stereocenters. The van der Waals surface area contributed by atoms with Gasteiger partial charge in [-0.3, -0.25) is 19.4 Å². The summed E-state index contributed by atoms with van der Waals surface area (Å²) in [7, 11) is 0. The second-order valence-corrected chi connectivity index (χ2v) is 9.46. The van der Waals surface area contributed by atoms with Crippen molar-refractivity contribution in [1.82, 2.24) is 9.88 Å². The van der Waals surface area contributed by atoms with Gasteiger partial charge in [-0.2, -0.15) is 0 Å².